The Morgan fingerprint density at radius 3 is 2.39 bits per heavy atom. The molecular weight excluding hydrogens is 228 g/mol. The molecule has 2 aromatic carbocycles. The zero-order chi connectivity index (χ0) is 13.0. The maximum Gasteiger partial charge on any atom is 0.127 e. The zero-order valence-corrected chi connectivity index (χ0v) is 10.2. The molecule has 0 heterocycles. The summed E-state index contributed by atoms with van der Waals surface area (Å²) in [5.41, 5.74) is 1.67. The molecule has 3 heteroatoms. The number of aliphatic hydroxyl groups is 2. The van der Waals surface area contributed by atoms with Crippen molar-refractivity contribution in [1.29, 1.82) is 0 Å². The topological polar surface area (TPSA) is 49.7 Å². The molecule has 0 radical (unpaired) electrons. The SMILES string of the molecule is C[C@H](O)c1ccc(Oc2cccc(CO)c2)cc1. The summed E-state index contributed by atoms with van der Waals surface area (Å²) in [4.78, 5) is 0. The molecule has 0 saturated heterocycles. The van der Waals surface area contributed by atoms with Gasteiger partial charge in [-0.05, 0) is 42.3 Å². The molecule has 0 bridgehead atoms. The van der Waals surface area contributed by atoms with E-state index in [4.69, 9.17) is 9.84 Å². The monoisotopic (exact) mass is 244 g/mol. The van der Waals surface area contributed by atoms with Crippen LogP contribution in [0.25, 0.3) is 0 Å². The summed E-state index contributed by atoms with van der Waals surface area (Å²) in [6, 6.07) is 14.6. The minimum Gasteiger partial charge on any atom is -0.457 e. The van der Waals surface area contributed by atoms with Gasteiger partial charge in [-0.1, -0.05) is 24.3 Å². The minimum atomic E-state index is -0.475. The van der Waals surface area contributed by atoms with Gasteiger partial charge >= 0.3 is 0 Å². The summed E-state index contributed by atoms with van der Waals surface area (Å²) >= 11 is 0. The molecule has 0 unspecified atom stereocenters. The fourth-order valence-electron chi connectivity index (χ4n) is 1.66. The summed E-state index contributed by atoms with van der Waals surface area (Å²) in [7, 11) is 0. The molecule has 0 aromatic heterocycles. The Morgan fingerprint density at radius 1 is 1.06 bits per heavy atom. The van der Waals surface area contributed by atoms with E-state index in [2.05, 4.69) is 0 Å². The van der Waals surface area contributed by atoms with Gasteiger partial charge in [0.15, 0.2) is 0 Å². The lowest BCUT2D eigenvalue weighted by Crippen LogP contribution is -1.91. The van der Waals surface area contributed by atoms with Crippen LogP contribution in [0.4, 0.5) is 0 Å². The lowest BCUT2D eigenvalue weighted by Gasteiger charge is -2.09. The third kappa shape index (κ3) is 3.09. The summed E-state index contributed by atoms with van der Waals surface area (Å²) in [6.45, 7) is 1.72. The Bertz CT molecular complexity index is 503. The smallest absolute Gasteiger partial charge is 0.127 e. The van der Waals surface area contributed by atoms with E-state index in [0.717, 1.165) is 11.1 Å². The van der Waals surface area contributed by atoms with E-state index < -0.39 is 6.10 Å². The molecule has 0 fully saturated rings. The van der Waals surface area contributed by atoms with E-state index in [1.54, 1.807) is 13.0 Å². The molecular formula is C15H16O3. The van der Waals surface area contributed by atoms with Crippen LogP contribution >= 0.6 is 0 Å². The largest absolute Gasteiger partial charge is 0.457 e. The van der Waals surface area contributed by atoms with Gasteiger partial charge in [0, 0.05) is 0 Å². The van der Waals surface area contributed by atoms with Crippen LogP contribution < -0.4 is 4.74 Å². The van der Waals surface area contributed by atoms with Gasteiger partial charge in [0.1, 0.15) is 11.5 Å². The Kier molecular flexibility index (Phi) is 3.97. The van der Waals surface area contributed by atoms with E-state index in [0.29, 0.717) is 11.5 Å². The quantitative estimate of drug-likeness (QED) is 0.869. The predicted octanol–water partition coefficient (Wildman–Crippen LogP) is 3.02. The first kappa shape index (κ1) is 12.6. The molecule has 0 aliphatic rings. The lowest BCUT2D eigenvalue weighted by molar-refractivity contribution is 0.199. The number of benzene rings is 2. The maximum atomic E-state index is 9.40. The highest BCUT2D eigenvalue weighted by molar-refractivity contribution is 5.35. The fourth-order valence-corrected chi connectivity index (χ4v) is 1.66. The number of aliphatic hydroxyl groups excluding tert-OH is 2. The average molecular weight is 244 g/mol. The van der Waals surface area contributed by atoms with Gasteiger partial charge in [-0.3, -0.25) is 0 Å². The van der Waals surface area contributed by atoms with Crippen LogP contribution in [0, 0.1) is 0 Å². The van der Waals surface area contributed by atoms with E-state index in [9.17, 15) is 5.11 Å². The van der Waals surface area contributed by atoms with E-state index in [1.807, 2.05) is 42.5 Å². The summed E-state index contributed by atoms with van der Waals surface area (Å²) in [5.74, 6) is 1.39. The van der Waals surface area contributed by atoms with Crippen molar-refractivity contribution in [1.82, 2.24) is 0 Å². The third-order valence-electron chi connectivity index (χ3n) is 2.68. The summed E-state index contributed by atoms with van der Waals surface area (Å²) in [5, 5.41) is 18.4. The number of rotatable bonds is 4. The first-order chi connectivity index (χ1) is 8.69. The van der Waals surface area contributed by atoms with Crippen molar-refractivity contribution in [3.63, 3.8) is 0 Å². The van der Waals surface area contributed by atoms with Crippen molar-refractivity contribution in [2.24, 2.45) is 0 Å². The Balaban J connectivity index is 2.13. The van der Waals surface area contributed by atoms with Crippen molar-refractivity contribution >= 4 is 0 Å². The van der Waals surface area contributed by atoms with Gasteiger partial charge < -0.3 is 14.9 Å². The van der Waals surface area contributed by atoms with Crippen molar-refractivity contribution in [2.45, 2.75) is 19.6 Å². The first-order valence-corrected chi connectivity index (χ1v) is 5.84. The van der Waals surface area contributed by atoms with Gasteiger partial charge in [0.25, 0.3) is 0 Å². The Labute approximate surface area is 106 Å². The number of ether oxygens (including phenoxy) is 1. The molecule has 0 aliphatic heterocycles. The van der Waals surface area contributed by atoms with Gasteiger partial charge in [0.05, 0.1) is 12.7 Å². The van der Waals surface area contributed by atoms with Crippen molar-refractivity contribution < 1.29 is 14.9 Å². The van der Waals surface area contributed by atoms with Gasteiger partial charge in [-0.15, -0.1) is 0 Å². The second-order valence-corrected chi connectivity index (χ2v) is 4.15. The van der Waals surface area contributed by atoms with Crippen molar-refractivity contribution in [3.05, 3.63) is 59.7 Å². The van der Waals surface area contributed by atoms with Crippen molar-refractivity contribution in [3.8, 4) is 11.5 Å². The molecule has 2 aromatic rings. The van der Waals surface area contributed by atoms with Crippen molar-refractivity contribution in [2.75, 3.05) is 0 Å². The highest BCUT2D eigenvalue weighted by Gasteiger charge is 2.02. The molecule has 3 nitrogen and oxygen atoms in total. The fraction of sp³-hybridized carbons (Fsp3) is 0.200. The van der Waals surface area contributed by atoms with Crippen LogP contribution in [-0.4, -0.2) is 10.2 Å². The molecule has 0 spiro atoms. The van der Waals surface area contributed by atoms with Crippen LogP contribution in [-0.2, 0) is 6.61 Å². The molecule has 0 aliphatic carbocycles. The molecule has 1 atom stereocenters. The van der Waals surface area contributed by atoms with Crippen LogP contribution in [0.1, 0.15) is 24.2 Å². The number of hydrogen-bond donors (Lipinski definition) is 2. The van der Waals surface area contributed by atoms with Crippen LogP contribution in [0.15, 0.2) is 48.5 Å². The normalized spacial score (nSPS) is 12.2. The second kappa shape index (κ2) is 5.67. The molecule has 0 amide bonds. The summed E-state index contributed by atoms with van der Waals surface area (Å²) < 4.78 is 5.66. The highest BCUT2D eigenvalue weighted by Crippen LogP contribution is 2.24. The molecule has 94 valence electrons. The molecule has 18 heavy (non-hydrogen) atoms. The first-order valence-electron chi connectivity index (χ1n) is 5.84. The van der Waals surface area contributed by atoms with Gasteiger partial charge in [-0.25, -0.2) is 0 Å². The standard InChI is InChI=1S/C15H16O3/c1-11(17)13-5-7-14(8-6-13)18-15-4-2-3-12(9-15)10-16/h2-9,11,16-17H,10H2,1H3/t11-/m0/s1. The molecule has 0 saturated carbocycles. The third-order valence-corrected chi connectivity index (χ3v) is 2.68. The number of hydrogen-bond acceptors (Lipinski definition) is 3. The van der Waals surface area contributed by atoms with E-state index in [-0.39, 0.29) is 6.61 Å². The summed E-state index contributed by atoms with van der Waals surface area (Å²) in [6.07, 6.45) is -0.475. The van der Waals surface area contributed by atoms with E-state index >= 15 is 0 Å². The average Bonchev–Trinajstić information content (AvgIpc) is 2.39. The van der Waals surface area contributed by atoms with E-state index in [1.165, 1.54) is 0 Å². The van der Waals surface area contributed by atoms with Crippen LogP contribution in [0.5, 0.6) is 11.5 Å². The predicted molar refractivity (Wildman–Crippen MR) is 69.5 cm³/mol. The Hall–Kier alpha value is -1.84. The molecule has 2 N–H and O–H groups in total. The molecule has 2 rings (SSSR count). The zero-order valence-electron chi connectivity index (χ0n) is 10.2. The highest BCUT2D eigenvalue weighted by atomic mass is 16.5. The maximum absolute atomic E-state index is 9.40. The lowest BCUT2D eigenvalue weighted by atomic mass is 10.1. The Morgan fingerprint density at radius 2 is 1.78 bits per heavy atom. The van der Waals surface area contributed by atoms with Crippen LogP contribution in [0.2, 0.25) is 0 Å². The van der Waals surface area contributed by atoms with Gasteiger partial charge in [0.2, 0.25) is 0 Å². The van der Waals surface area contributed by atoms with Gasteiger partial charge in [-0.2, -0.15) is 0 Å². The minimum absolute atomic E-state index is 0.00182. The van der Waals surface area contributed by atoms with Crippen LogP contribution in [0.3, 0.4) is 0 Å². The second-order valence-electron chi connectivity index (χ2n) is 4.15.